The van der Waals surface area contributed by atoms with Crippen molar-refractivity contribution < 1.29 is 14.3 Å². The highest BCUT2D eigenvalue weighted by Crippen LogP contribution is 2.36. The smallest absolute Gasteiger partial charge is 0.248 e. The van der Waals surface area contributed by atoms with Crippen LogP contribution in [-0.4, -0.2) is 39.3 Å². The van der Waals surface area contributed by atoms with Crippen molar-refractivity contribution in [2.24, 2.45) is 5.73 Å². The van der Waals surface area contributed by atoms with Gasteiger partial charge in [0.05, 0.1) is 26.0 Å². The number of nitrogens with zero attached hydrogens (tertiary/aromatic N) is 1. The van der Waals surface area contributed by atoms with Crippen molar-refractivity contribution in [2.75, 3.05) is 44.0 Å². The Bertz CT molecular complexity index is 456. The van der Waals surface area contributed by atoms with Crippen LogP contribution in [-0.2, 0) is 4.74 Å². The number of carbonyl (C=O) groups excluding carboxylic acids is 1. The Morgan fingerprint density at radius 2 is 2.06 bits per heavy atom. The number of ether oxygens (including phenoxy) is 2. The van der Waals surface area contributed by atoms with E-state index < -0.39 is 5.91 Å². The largest absolute Gasteiger partial charge is 0.494 e. The lowest BCUT2D eigenvalue weighted by atomic mass is 10.1. The van der Waals surface area contributed by atoms with Crippen molar-refractivity contribution >= 4 is 17.3 Å². The molecular weight excluding hydrogens is 234 g/mol. The Morgan fingerprint density at radius 3 is 2.61 bits per heavy atom. The molecule has 1 heterocycles. The topological polar surface area (TPSA) is 90.8 Å². The molecule has 1 amide bonds. The summed E-state index contributed by atoms with van der Waals surface area (Å²) < 4.78 is 10.6. The van der Waals surface area contributed by atoms with Gasteiger partial charge in [0.2, 0.25) is 5.91 Å². The lowest BCUT2D eigenvalue weighted by Crippen LogP contribution is -2.37. The van der Waals surface area contributed by atoms with E-state index >= 15 is 0 Å². The Balaban J connectivity index is 2.42. The van der Waals surface area contributed by atoms with Gasteiger partial charge in [-0.15, -0.1) is 0 Å². The van der Waals surface area contributed by atoms with E-state index in [9.17, 15) is 4.79 Å². The molecule has 6 heteroatoms. The molecule has 1 aromatic carbocycles. The van der Waals surface area contributed by atoms with Crippen LogP contribution >= 0.6 is 0 Å². The third-order valence-electron chi connectivity index (χ3n) is 2.94. The predicted molar refractivity (Wildman–Crippen MR) is 69.0 cm³/mol. The van der Waals surface area contributed by atoms with Crippen LogP contribution in [0.3, 0.4) is 0 Å². The molecule has 98 valence electrons. The van der Waals surface area contributed by atoms with Crippen molar-refractivity contribution in [2.45, 2.75) is 0 Å². The lowest BCUT2D eigenvalue weighted by Gasteiger charge is -2.31. The second-order valence-electron chi connectivity index (χ2n) is 4.08. The average molecular weight is 251 g/mol. The van der Waals surface area contributed by atoms with Gasteiger partial charge in [-0.2, -0.15) is 0 Å². The maximum absolute atomic E-state index is 11.2. The summed E-state index contributed by atoms with van der Waals surface area (Å²) in [5.74, 6) is 0.0410. The van der Waals surface area contributed by atoms with Crippen molar-refractivity contribution in [3.05, 3.63) is 17.7 Å². The van der Waals surface area contributed by atoms with Crippen molar-refractivity contribution in [1.29, 1.82) is 0 Å². The molecule has 1 saturated heterocycles. The minimum atomic E-state index is -0.520. The first-order valence-electron chi connectivity index (χ1n) is 5.73. The van der Waals surface area contributed by atoms with Crippen LogP contribution in [0.5, 0.6) is 5.75 Å². The molecule has 1 aliphatic heterocycles. The van der Waals surface area contributed by atoms with E-state index in [2.05, 4.69) is 4.90 Å². The van der Waals surface area contributed by atoms with Crippen LogP contribution in [0, 0.1) is 0 Å². The summed E-state index contributed by atoms with van der Waals surface area (Å²) in [5.41, 5.74) is 12.9. The van der Waals surface area contributed by atoms with Crippen LogP contribution < -0.4 is 21.1 Å². The maximum Gasteiger partial charge on any atom is 0.248 e. The molecule has 0 bridgehead atoms. The second kappa shape index (κ2) is 5.14. The Kier molecular flexibility index (Phi) is 3.57. The average Bonchev–Trinajstić information content (AvgIpc) is 2.38. The van der Waals surface area contributed by atoms with E-state index in [0.29, 0.717) is 30.2 Å². The molecule has 1 aliphatic rings. The Labute approximate surface area is 105 Å². The minimum absolute atomic E-state index is 0.348. The number of amides is 1. The molecule has 0 atom stereocenters. The number of methoxy groups -OCH3 is 1. The van der Waals surface area contributed by atoms with Gasteiger partial charge >= 0.3 is 0 Å². The lowest BCUT2D eigenvalue weighted by molar-refractivity contribution is 0.1000. The van der Waals surface area contributed by atoms with Gasteiger partial charge in [-0.05, 0) is 12.1 Å². The fraction of sp³-hybridized carbons (Fsp3) is 0.417. The van der Waals surface area contributed by atoms with Gasteiger partial charge < -0.3 is 25.8 Å². The number of carbonyl (C=O) groups is 1. The molecule has 1 fully saturated rings. The number of benzene rings is 1. The monoisotopic (exact) mass is 251 g/mol. The first-order chi connectivity index (χ1) is 8.63. The van der Waals surface area contributed by atoms with Crippen LogP contribution in [0.2, 0.25) is 0 Å². The molecule has 6 nitrogen and oxygen atoms in total. The van der Waals surface area contributed by atoms with E-state index in [1.165, 1.54) is 0 Å². The third kappa shape index (κ3) is 2.33. The van der Waals surface area contributed by atoms with Gasteiger partial charge in [-0.25, -0.2) is 0 Å². The van der Waals surface area contributed by atoms with E-state index in [1.807, 2.05) is 0 Å². The minimum Gasteiger partial charge on any atom is -0.494 e. The Hall–Kier alpha value is -1.95. The summed E-state index contributed by atoms with van der Waals surface area (Å²) in [7, 11) is 1.55. The molecule has 0 radical (unpaired) electrons. The third-order valence-corrected chi connectivity index (χ3v) is 2.94. The van der Waals surface area contributed by atoms with E-state index in [-0.39, 0.29) is 0 Å². The molecule has 1 aromatic rings. The molecule has 18 heavy (non-hydrogen) atoms. The van der Waals surface area contributed by atoms with Crippen LogP contribution in [0.15, 0.2) is 12.1 Å². The standard InChI is InChI=1S/C12H17N3O3/c1-17-10-7-8(12(14)16)6-9(13)11(10)15-2-4-18-5-3-15/h6-7H,2-5,13H2,1H3,(H2,14,16). The van der Waals surface area contributed by atoms with Gasteiger partial charge in [0.15, 0.2) is 0 Å². The Morgan fingerprint density at radius 1 is 1.39 bits per heavy atom. The SMILES string of the molecule is COc1cc(C(N)=O)cc(N)c1N1CCOCC1. The molecular formula is C12H17N3O3. The van der Waals surface area contributed by atoms with Gasteiger partial charge in [-0.1, -0.05) is 0 Å². The van der Waals surface area contributed by atoms with Crippen LogP contribution in [0.1, 0.15) is 10.4 Å². The summed E-state index contributed by atoms with van der Waals surface area (Å²) >= 11 is 0. The first kappa shape index (κ1) is 12.5. The zero-order valence-electron chi connectivity index (χ0n) is 10.3. The van der Waals surface area contributed by atoms with E-state index in [0.717, 1.165) is 18.8 Å². The van der Waals surface area contributed by atoms with Gasteiger partial charge in [0.1, 0.15) is 11.4 Å². The molecule has 0 saturated carbocycles. The fourth-order valence-electron chi connectivity index (χ4n) is 2.05. The quantitative estimate of drug-likeness (QED) is 0.749. The molecule has 0 unspecified atom stereocenters. The maximum atomic E-state index is 11.2. The highest BCUT2D eigenvalue weighted by atomic mass is 16.5. The highest BCUT2D eigenvalue weighted by molar-refractivity contribution is 5.96. The molecule has 0 aliphatic carbocycles. The zero-order valence-corrected chi connectivity index (χ0v) is 10.3. The van der Waals surface area contributed by atoms with Crippen LogP contribution in [0.4, 0.5) is 11.4 Å². The number of hydrogen-bond acceptors (Lipinski definition) is 5. The number of morpholine rings is 1. The summed E-state index contributed by atoms with van der Waals surface area (Å²) in [6.07, 6.45) is 0. The number of anilines is 2. The molecule has 2 rings (SSSR count). The van der Waals surface area contributed by atoms with Gasteiger partial charge in [0, 0.05) is 18.7 Å². The van der Waals surface area contributed by atoms with Gasteiger partial charge in [-0.3, -0.25) is 4.79 Å². The summed E-state index contributed by atoms with van der Waals surface area (Å²) in [6, 6.07) is 3.19. The predicted octanol–water partition coefficient (Wildman–Crippen LogP) is 0.213. The summed E-state index contributed by atoms with van der Waals surface area (Å²) in [5, 5.41) is 0. The highest BCUT2D eigenvalue weighted by Gasteiger charge is 2.20. The van der Waals surface area contributed by atoms with E-state index in [4.69, 9.17) is 20.9 Å². The number of rotatable bonds is 3. The molecule has 0 aromatic heterocycles. The van der Waals surface area contributed by atoms with Crippen molar-refractivity contribution in [3.8, 4) is 5.75 Å². The number of nitrogens with two attached hydrogens (primary N) is 2. The van der Waals surface area contributed by atoms with E-state index in [1.54, 1.807) is 19.2 Å². The number of nitrogen functional groups attached to an aromatic ring is 1. The van der Waals surface area contributed by atoms with Crippen molar-refractivity contribution in [1.82, 2.24) is 0 Å². The summed E-state index contributed by atoms with van der Waals surface area (Å²) in [6.45, 7) is 2.80. The molecule has 4 N–H and O–H groups in total. The fourth-order valence-corrected chi connectivity index (χ4v) is 2.05. The molecule has 0 spiro atoms. The zero-order chi connectivity index (χ0) is 13.1. The normalized spacial score (nSPS) is 15.5. The van der Waals surface area contributed by atoms with Gasteiger partial charge in [0.25, 0.3) is 0 Å². The van der Waals surface area contributed by atoms with Crippen LogP contribution in [0.25, 0.3) is 0 Å². The second-order valence-corrected chi connectivity index (χ2v) is 4.08. The number of hydrogen-bond donors (Lipinski definition) is 2. The van der Waals surface area contributed by atoms with Crippen molar-refractivity contribution in [3.63, 3.8) is 0 Å². The summed E-state index contributed by atoms with van der Waals surface area (Å²) in [4.78, 5) is 13.3. The number of primary amides is 1. The first-order valence-corrected chi connectivity index (χ1v) is 5.73.